The summed E-state index contributed by atoms with van der Waals surface area (Å²) >= 11 is 0. The van der Waals surface area contributed by atoms with Crippen LogP contribution in [0.1, 0.15) is 0 Å². The fourth-order valence-corrected chi connectivity index (χ4v) is 2.99. The Morgan fingerprint density at radius 2 is 1.67 bits per heavy atom. The predicted octanol–water partition coefficient (Wildman–Crippen LogP) is 4.50. The summed E-state index contributed by atoms with van der Waals surface area (Å²) < 4.78 is 10.7. The molecule has 1 aromatic heterocycles. The molecule has 152 valence electrons. The summed E-state index contributed by atoms with van der Waals surface area (Å²) in [6.07, 6.45) is 0. The Balaban J connectivity index is 1.62. The zero-order chi connectivity index (χ0) is 20.8. The van der Waals surface area contributed by atoms with E-state index >= 15 is 0 Å². The third kappa shape index (κ3) is 4.59. The van der Waals surface area contributed by atoms with Crippen LogP contribution in [-0.4, -0.2) is 35.4 Å². The Kier molecular flexibility index (Phi) is 5.91. The standard InChI is InChI=1S/C23H22N4O3/c1-29-19-6-4-5-17(15-19)24-22-20-7-2-3-8-21(20)26-23(27-22)25-16-9-11-18(12-10-16)30-14-13-28/h2-12,15,28H,13-14H2,1H3,(H2,24,25,26,27). The van der Waals surface area contributed by atoms with Crippen LogP contribution < -0.4 is 20.1 Å². The highest BCUT2D eigenvalue weighted by atomic mass is 16.5. The van der Waals surface area contributed by atoms with Gasteiger partial charge in [0.25, 0.3) is 0 Å². The fourth-order valence-electron chi connectivity index (χ4n) is 2.99. The molecule has 0 aliphatic carbocycles. The minimum absolute atomic E-state index is 0.0198. The van der Waals surface area contributed by atoms with Crippen LogP contribution in [0.4, 0.5) is 23.1 Å². The van der Waals surface area contributed by atoms with Gasteiger partial charge in [0.2, 0.25) is 5.95 Å². The number of fused-ring (bicyclic) bond motifs is 1. The Morgan fingerprint density at radius 1 is 0.833 bits per heavy atom. The SMILES string of the molecule is COc1cccc(Nc2nc(Nc3ccc(OCCO)cc3)nc3ccccc23)c1. The minimum Gasteiger partial charge on any atom is -0.497 e. The van der Waals surface area contributed by atoms with Gasteiger partial charge in [-0.25, -0.2) is 4.98 Å². The summed E-state index contributed by atoms with van der Waals surface area (Å²) in [7, 11) is 1.64. The van der Waals surface area contributed by atoms with Crippen LogP contribution >= 0.6 is 0 Å². The van der Waals surface area contributed by atoms with E-state index in [0.717, 1.165) is 28.0 Å². The zero-order valence-corrected chi connectivity index (χ0v) is 16.5. The number of aliphatic hydroxyl groups is 1. The van der Waals surface area contributed by atoms with Gasteiger partial charge in [-0.05, 0) is 48.5 Å². The number of aromatic nitrogens is 2. The molecule has 0 aliphatic rings. The second-order valence-electron chi connectivity index (χ2n) is 6.49. The molecule has 0 saturated carbocycles. The van der Waals surface area contributed by atoms with Gasteiger partial charge < -0.3 is 25.2 Å². The molecule has 0 saturated heterocycles. The summed E-state index contributed by atoms with van der Waals surface area (Å²) in [6, 6.07) is 22.9. The van der Waals surface area contributed by atoms with E-state index in [1.54, 1.807) is 7.11 Å². The first-order chi connectivity index (χ1) is 14.7. The van der Waals surface area contributed by atoms with Gasteiger partial charge in [-0.3, -0.25) is 0 Å². The van der Waals surface area contributed by atoms with E-state index in [1.807, 2.05) is 72.8 Å². The van der Waals surface area contributed by atoms with Crippen molar-refractivity contribution in [3.63, 3.8) is 0 Å². The Labute approximate surface area is 174 Å². The maximum Gasteiger partial charge on any atom is 0.229 e. The fraction of sp³-hybridized carbons (Fsp3) is 0.130. The van der Waals surface area contributed by atoms with E-state index in [1.165, 1.54) is 0 Å². The third-order valence-electron chi connectivity index (χ3n) is 4.41. The van der Waals surface area contributed by atoms with Crippen LogP contribution in [0.25, 0.3) is 10.9 Å². The summed E-state index contributed by atoms with van der Waals surface area (Å²) in [5.74, 6) is 2.62. The molecule has 0 unspecified atom stereocenters. The molecule has 0 amide bonds. The van der Waals surface area contributed by atoms with Crippen molar-refractivity contribution < 1.29 is 14.6 Å². The number of benzene rings is 3. The van der Waals surface area contributed by atoms with Crippen molar-refractivity contribution in [2.24, 2.45) is 0 Å². The van der Waals surface area contributed by atoms with E-state index in [2.05, 4.69) is 20.6 Å². The van der Waals surface area contributed by atoms with Gasteiger partial charge in [0.15, 0.2) is 0 Å². The first-order valence-electron chi connectivity index (χ1n) is 9.54. The molecule has 0 radical (unpaired) electrons. The van der Waals surface area contributed by atoms with Gasteiger partial charge >= 0.3 is 0 Å². The van der Waals surface area contributed by atoms with E-state index in [-0.39, 0.29) is 13.2 Å². The average Bonchev–Trinajstić information content (AvgIpc) is 2.79. The van der Waals surface area contributed by atoms with E-state index in [0.29, 0.717) is 17.5 Å². The lowest BCUT2D eigenvalue weighted by Crippen LogP contribution is -2.03. The summed E-state index contributed by atoms with van der Waals surface area (Å²) in [4.78, 5) is 9.31. The van der Waals surface area contributed by atoms with Crippen molar-refractivity contribution >= 4 is 34.0 Å². The lowest BCUT2D eigenvalue weighted by molar-refractivity contribution is 0.201. The molecule has 3 aromatic carbocycles. The van der Waals surface area contributed by atoms with Crippen LogP contribution in [0.3, 0.4) is 0 Å². The molecule has 0 aliphatic heterocycles. The third-order valence-corrected chi connectivity index (χ3v) is 4.41. The number of anilines is 4. The number of para-hydroxylation sites is 1. The lowest BCUT2D eigenvalue weighted by atomic mass is 10.2. The Morgan fingerprint density at radius 3 is 2.47 bits per heavy atom. The molecule has 0 atom stereocenters. The lowest BCUT2D eigenvalue weighted by Gasteiger charge is -2.13. The van der Waals surface area contributed by atoms with Gasteiger partial charge in [-0.15, -0.1) is 0 Å². The average molecular weight is 402 g/mol. The molecule has 7 nitrogen and oxygen atoms in total. The number of methoxy groups -OCH3 is 1. The first kappa shape index (κ1) is 19.5. The second-order valence-corrected chi connectivity index (χ2v) is 6.49. The number of ether oxygens (including phenoxy) is 2. The van der Waals surface area contributed by atoms with Gasteiger partial charge in [-0.2, -0.15) is 4.98 Å². The largest absolute Gasteiger partial charge is 0.497 e. The van der Waals surface area contributed by atoms with Crippen molar-refractivity contribution in [2.45, 2.75) is 0 Å². The van der Waals surface area contributed by atoms with Gasteiger partial charge in [-0.1, -0.05) is 18.2 Å². The molecule has 1 heterocycles. The van der Waals surface area contributed by atoms with E-state index < -0.39 is 0 Å². The maximum atomic E-state index is 8.86. The summed E-state index contributed by atoms with van der Waals surface area (Å²) in [5, 5.41) is 16.4. The van der Waals surface area contributed by atoms with E-state index in [9.17, 15) is 0 Å². The van der Waals surface area contributed by atoms with Crippen molar-refractivity contribution in [2.75, 3.05) is 31.0 Å². The number of aliphatic hydroxyl groups excluding tert-OH is 1. The summed E-state index contributed by atoms with van der Waals surface area (Å²) in [5.41, 5.74) is 2.52. The van der Waals surface area contributed by atoms with Crippen LogP contribution in [0.5, 0.6) is 11.5 Å². The molecular formula is C23H22N4O3. The molecular weight excluding hydrogens is 380 g/mol. The van der Waals surface area contributed by atoms with Gasteiger partial charge in [0, 0.05) is 22.8 Å². The van der Waals surface area contributed by atoms with Gasteiger partial charge in [0.1, 0.15) is 23.9 Å². The maximum absolute atomic E-state index is 8.86. The molecule has 4 aromatic rings. The molecule has 3 N–H and O–H groups in total. The number of rotatable bonds is 8. The molecule has 0 spiro atoms. The second kappa shape index (κ2) is 9.11. The van der Waals surface area contributed by atoms with Crippen LogP contribution in [0, 0.1) is 0 Å². The smallest absolute Gasteiger partial charge is 0.229 e. The Bertz CT molecular complexity index is 1130. The van der Waals surface area contributed by atoms with Crippen LogP contribution in [0.15, 0.2) is 72.8 Å². The zero-order valence-electron chi connectivity index (χ0n) is 16.5. The highest BCUT2D eigenvalue weighted by Gasteiger charge is 2.09. The molecule has 4 rings (SSSR count). The number of hydrogen-bond acceptors (Lipinski definition) is 7. The first-order valence-corrected chi connectivity index (χ1v) is 9.54. The molecule has 0 fully saturated rings. The topological polar surface area (TPSA) is 88.5 Å². The highest BCUT2D eigenvalue weighted by Crippen LogP contribution is 2.28. The number of nitrogens with one attached hydrogen (secondary N) is 2. The van der Waals surface area contributed by atoms with E-state index in [4.69, 9.17) is 14.6 Å². The predicted molar refractivity (Wildman–Crippen MR) is 118 cm³/mol. The number of hydrogen-bond donors (Lipinski definition) is 3. The quantitative estimate of drug-likeness (QED) is 0.400. The molecule has 0 bridgehead atoms. The van der Waals surface area contributed by atoms with Crippen molar-refractivity contribution in [1.29, 1.82) is 0 Å². The monoisotopic (exact) mass is 402 g/mol. The number of nitrogens with zero attached hydrogens (tertiary/aromatic N) is 2. The van der Waals surface area contributed by atoms with Crippen molar-refractivity contribution in [3.8, 4) is 11.5 Å². The Hall–Kier alpha value is -3.84. The normalized spacial score (nSPS) is 10.6. The molecule has 30 heavy (non-hydrogen) atoms. The van der Waals surface area contributed by atoms with Crippen LogP contribution in [0.2, 0.25) is 0 Å². The van der Waals surface area contributed by atoms with Crippen LogP contribution in [-0.2, 0) is 0 Å². The van der Waals surface area contributed by atoms with Crippen molar-refractivity contribution in [1.82, 2.24) is 9.97 Å². The summed E-state index contributed by atoms with van der Waals surface area (Å²) in [6.45, 7) is 0.244. The van der Waals surface area contributed by atoms with Gasteiger partial charge in [0.05, 0.1) is 19.2 Å². The minimum atomic E-state index is -0.0198. The highest BCUT2D eigenvalue weighted by molar-refractivity contribution is 5.92. The van der Waals surface area contributed by atoms with Crippen molar-refractivity contribution in [3.05, 3.63) is 72.8 Å². The molecule has 7 heteroatoms.